The summed E-state index contributed by atoms with van der Waals surface area (Å²) < 4.78 is 17.8. The molecule has 0 bridgehead atoms. The molecule has 0 saturated carbocycles. The number of piperidine rings is 1. The van der Waals surface area contributed by atoms with Crippen molar-refractivity contribution in [1.29, 1.82) is 0 Å². The minimum Gasteiger partial charge on any atom is -0.496 e. The molecule has 1 unspecified atom stereocenters. The topological polar surface area (TPSA) is 135 Å². The Morgan fingerprint density at radius 1 is 0.764 bits per heavy atom. The van der Waals surface area contributed by atoms with Crippen LogP contribution in [0.5, 0.6) is 17.2 Å². The van der Waals surface area contributed by atoms with Crippen molar-refractivity contribution in [2.45, 2.75) is 77.5 Å². The van der Waals surface area contributed by atoms with Crippen LogP contribution in [-0.2, 0) is 22.7 Å². The van der Waals surface area contributed by atoms with Gasteiger partial charge in [-0.05, 0) is 67.1 Å². The zero-order chi connectivity index (χ0) is 38.7. The number of carbonyl (C=O) groups is 4. The second-order valence-corrected chi connectivity index (χ2v) is 14.0. The summed E-state index contributed by atoms with van der Waals surface area (Å²) in [5.41, 5.74) is 6.80. The van der Waals surface area contributed by atoms with E-state index in [1.54, 1.807) is 32.4 Å². The molecule has 11 nitrogen and oxygen atoms in total. The molecule has 55 heavy (non-hydrogen) atoms. The summed E-state index contributed by atoms with van der Waals surface area (Å²) in [6.45, 7) is 4.69. The predicted octanol–water partition coefficient (Wildman–Crippen LogP) is 7.20. The second-order valence-electron chi connectivity index (χ2n) is 14.0. The standard InChI is InChI=1S/C44H50N4O7/c1-29-31(17-13-18-33(29)30-15-9-8-10-16-30)28-55-32-25-38(53-2)35(39(26-32)54-3)27-45-23-11-6-4-5-7-12-24-46-36-20-14-19-34-41(36)44(52)48(43(34)51)37-21-22-40(49)47-42(37)50/h8-10,13-20,25-26,37,45-46H,4-7,11-12,21-24,27-28H2,1-3H3,(H,47,49,50). The van der Waals surface area contributed by atoms with Gasteiger partial charge in [0.25, 0.3) is 11.8 Å². The highest BCUT2D eigenvalue weighted by atomic mass is 16.5. The molecule has 6 rings (SSSR count). The Labute approximate surface area is 322 Å². The summed E-state index contributed by atoms with van der Waals surface area (Å²) in [7, 11) is 3.32. The summed E-state index contributed by atoms with van der Waals surface area (Å²) in [4.78, 5) is 51.3. The summed E-state index contributed by atoms with van der Waals surface area (Å²) in [5, 5.41) is 9.10. The van der Waals surface area contributed by atoms with Gasteiger partial charge in [-0.2, -0.15) is 0 Å². The van der Waals surface area contributed by atoms with E-state index in [1.807, 2.05) is 18.2 Å². The lowest BCUT2D eigenvalue weighted by Crippen LogP contribution is -2.54. The lowest BCUT2D eigenvalue weighted by molar-refractivity contribution is -0.136. The summed E-state index contributed by atoms with van der Waals surface area (Å²) in [5.74, 6) is 0.116. The minimum atomic E-state index is -0.976. The molecule has 1 fully saturated rings. The third-order valence-corrected chi connectivity index (χ3v) is 10.4. The molecule has 2 heterocycles. The molecule has 3 N–H and O–H groups in total. The van der Waals surface area contributed by atoms with Gasteiger partial charge >= 0.3 is 0 Å². The molecular weight excluding hydrogens is 697 g/mol. The van der Waals surface area contributed by atoms with E-state index in [0.717, 1.165) is 61.1 Å². The Morgan fingerprint density at radius 2 is 1.44 bits per heavy atom. The summed E-state index contributed by atoms with van der Waals surface area (Å²) >= 11 is 0. The molecular formula is C44H50N4O7. The highest BCUT2D eigenvalue weighted by molar-refractivity contribution is 6.25. The SMILES string of the molecule is COc1cc(OCc2cccc(-c3ccccc3)c2C)cc(OC)c1CNCCCCCCCCNc1cccc2c1C(=O)N(C1CCC(=O)NC1=O)C2=O. The van der Waals surface area contributed by atoms with Crippen molar-refractivity contribution in [1.82, 2.24) is 15.5 Å². The number of benzene rings is 4. The minimum absolute atomic E-state index is 0.0912. The fourth-order valence-electron chi connectivity index (χ4n) is 7.33. The predicted molar refractivity (Wildman–Crippen MR) is 212 cm³/mol. The lowest BCUT2D eigenvalue weighted by atomic mass is 9.97. The van der Waals surface area contributed by atoms with Crippen LogP contribution in [0, 0.1) is 6.92 Å². The molecule has 0 radical (unpaired) electrons. The van der Waals surface area contributed by atoms with E-state index in [2.05, 4.69) is 65.3 Å². The van der Waals surface area contributed by atoms with Crippen molar-refractivity contribution in [3.8, 4) is 28.4 Å². The monoisotopic (exact) mass is 746 g/mol. The van der Waals surface area contributed by atoms with Crippen LogP contribution in [0.15, 0.2) is 78.9 Å². The average molecular weight is 747 g/mol. The average Bonchev–Trinajstić information content (AvgIpc) is 3.45. The number of carbonyl (C=O) groups excluding carboxylic acids is 4. The maximum Gasteiger partial charge on any atom is 0.264 e. The van der Waals surface area contributed by atoms with Gasteiger partial charge in [0.1, 0.15) is 29.9 Å². The van der Waals surface area contributed by atoms with Crippen LogP contribution >= 0.6 is 0 Å². The maximum absolute atomic E-state index is 13.3. The normalized spacial score (nSPS) is 15.2. The number of unbranched alkanes of at least 4 members (excludes halogenated alkanes) is 5. The highest BCUT2D eigenvalue weighted by Gasteiger charge is 2.45. The molecule has 0 aromatic heterocycles. The maximum atomic E-state index is 13.3. The van der Waals surface area contributed by atoms with E-state index in [4.69, 9.17) is 14.2 Å². The smallest absolute Gasteiger partial charge is 0.264 e. The number of anilines is 1. The largest absolute Gasteiger partial charge is 0.496 e. The van der Waals surface area contributed by atoms with Crippen molar-refractivity contribution < 1.29 is 33.4 Å². The molecule has 11 heteroatoms. The van der Waals surface area contributed by atoms with Crippen LogP contribution in [0.1, 0.15) is 88.8 Å². The zero-order valence-corrected chi connectivity index (χ0v) is 31.9. The Kier molecular flexibility index (Phi) is 13.2. The molecule has 2 aliphatic heterocycles. The Balaban J connectivity index is 0.895. The number of rotatable bonds is 19. The van der Waals surface area contributed by atoms with Gasteiger partial charge < -0.3 is 24.8 Å². The Bertz CT molecular complexity index is 1990. The van der Waals surface area contributed by atoms with Gasteiger partial charge in [-0.25, -0.2) is 0 Å². The molecule has 288 valence electrons. The molecule has 4 amide bonds. The van der Waals surface area contributed by atoms with Crippen molar-refractivity contribution in [3.05, 3.63) is 107 Å². The molecule has 0 spiro atoms. The number of ether oxygens (including phenoxy) is 3. The van der Waals surface area contributed by atoms with Crippen molar-refractivity contribution in [2.75, 3.05) is 32.6 Å². The number of nitrogens with zero attached hydrogens (tertiary/aromatic N) is 1. The Morgan fingerprint density at radius 3 is 2.15 bits per heavy atom. The molecule has 1 saturated heterocycles. The Hall–Kier alpha value is -5.68. The fourth-order valence-corrected chi connectivity index (χ4v) is 7.33. The van der Waals surface area contributed by atoms with Crippen molar-refractivity contribution in [3.63, 3.8) is 0 Å². The van der Waals surface area contributed by atoms with E-state index in [-0.39, 0.29) is 18.4 Å². The van der Waals surface area contributed by atoms with Crippen LogP contribution in [0.4, 0.5) is 5.69 Å². The van der Waals surface area contributed by atoms with Gasteiger partial charge in [-0.15, -0.1) is 0 Å². The number of nitrogens with one attached hydrogen (secondary N) is 3. The van der Waals surface area contributed by atoms with Gasteiger partial charge in [-0.1, -0.05) is 80.3 Å². The van der Waals surface area contributed by atoms with Gasteiger partial charge in [0, 0.05) is 37.3 Å². The van der Waals surface area contributed by atoms with Crippen LogP contribution in [0.2, 0.25) is 0 Å². The molecule has 2 aliphatic rings. The van der Waals surface area contributed by atoms with Crippen LogP contribution in [-0.4, -0.2) is 61.9 Å². The van der Waals surface area contributed by atoms with Crippen molar-refractivity contribution >= 4 is 29.3 Å². The third kappa shape index (κ3) is 9.17. The van der Waals surface area contributed by atoms with E-state index < -0.39 is 29.7 Å². The third-order valence-electron chi connectivity index (χ3n) is 10.4. The van der Waals surface area contributed by atoms with E-state index >= 15 is 0 Å². The molecule has 1 atom stereocenters. The van der Waals surface area contributed by atoms with E-state index in [0.29, 0.717) is 48.2 Å². The molecule has 4 aromatic rings. The molecule has 0 aliphatic carbocycles. The summed E-state index contributed by atoms with van der Waals surface area (Å²) in [6.07, 6.45) is 6.53. The van der Waals surface area contributed by atoms with Crippen LogP contribution in [0.3, 0.4) is 0 Å². The van der Waals surface area contributed by atoms with Gasteiger partial charge in [0.15, 0.2) is 0 Å². The first kappa shape index (κ1) is 39.0. The van der Waals surface area contributed by atoms with Crippen LogP contribution in [0.25, 0.3) is 11.1 Å². The number of methoxy groups -OCH3 is 2. The van der Waals surface area contributed by atoms with Crippen molar-refractivity contribution in [2.24, 2.45) is 0 Å². The number of hydrogen-bond donors (Lipinski definition) is 3. The van der Waals surface area contributed by atoms with E-state index in [9.17, 15) is 19.2 Å². The fraction of sp³-hybridized carbons (Fsp3) is 0.364. The summed E-state index contributed by atoms with van der Waals surface area (Å²) in [6, 6.07) is 24.7. The first-order chi connectivity index (χ1) is 26.8. The number of imide groups is 2. The van der Waals surface area contributed by atoms with Crippen LogP contribution < -0.4 is 30.2 Å². The number of hydrogen-bond acceptors (Lipinski definition) is 9. The second kappa shape index (κ2) is 18.6. The first-order valence-corrected chi connectivity index (χ1v) is 19.1. The number of fused-ring (bicyclic) bond motifs is 1. The first-order valence-electron chi connectivity index (χ1n) is 19.1. The lowest BCUT2D eigenvalue weighted by Gasteiger charge is -2.27. The van der Waals surface area contributed by atoms with Gasteiger partial charge in [0.05, 0.1) is 30.9 Å². The quantitative estimate of drug-likeness (QED) is 0.0673. The van der Waals surface area contributed by atoms with Gasteiger partial charge in [-0.3, -0.25) is 29.4 Å². The number of amides is 4. The van der Waals surface area contributed by atoms with Gasteiger partial charge in [0.2, 0.25) is 11.8 Å². The van der Waals surface area contributed by atoms with E-state index in [1.165, 1.54) is 16.7 Å². The molecule has 4 aromatic carbocycles. The highest BCUT2D eigenvalue weighted by Crippen LogP contribution is 2.36. The zero-order valence-electron chi connectivity index (χ0n) is 31.9.